The molecular weight excluding hydrogens is 437 g/mol. The molecule has 0 radical (unpaired) electrons. The number of ether oxygens (including phenoxy) is 1. The number of benzene rings is 3. The molecule has 1 aliphatic heterocycles. The molecular formula is C26H32NO3PS. The van der Waals surface area contributed by atoms with Crippen molar-refractivity contribution in [3.8, 4) is 0 Å². The van der Waals surface area contributed by atoms with Gasteiger partial charge in [-0.05, 0) is 61.3 Å². The van der Waals surface area contributed by atoms with Gasteiger partial charge < -0.3 is 9.29 Å². The molecule has 32 heavy (non-hydrogen) atoms. The first kappa shape index (κ1) is 24.8. The van der Waals surface area contributed by atoms with Crippen molar-refractivity contribution in [3.05, 3.63) is 89.5 Å². The van der Waals surface area contributed by atoms with Crippen LogP contribution in [0, 0.1) is 20.8 Å². The Morgan fingerprint density at radius 1 is 0.750 bits per heavy atom. The van der Waals surface area contributed by atoms with Gasteiger partial charge in [0, 0.05) is 0 Å². The van der Waals surface area contributed by atoms with E-state index >= 15 is 0 Å². The predicted molar refractivity (Wildman–Crippen MR) is 135 cm³/mol. The number of hydrogen-bond donors (Lipinski definition) is 0. The van der Waals surface area contributed by atoms with Gasteiger partial charge in [0.15, 0.2) is 0 Å². The van der Waals surface area contributed by atoms with E-state index in [1.807, 2.05) is 0 Å². The van der Waals surface area contributed by atoms with E-state index < -0.39 is 19.2 Å². The Kier molecular flexibility index (Phi) is 8.75. The quantitative estimate of drug-likeness (QED) is 0.333. The highest BCUT2D eigenvalue weighted by molar-refractivity contribution is 7.80. The van der Waals surface area contributed by atoms with Gasteiger partial charge in [-0.15, -0.1) is 0 Å². The van der Waals surface area contributed by atoms with Gasteiger partial charge in [0.1, 0.15) is 24.4 Å². The molecule has 170 valence electrons. The number of nitrogens with zero attached hydrogens (tertiary/aromatic N) is 1. The number of aryl methyl sites for hydroxylation is 3. The fourth-order valence-electron chi connectivity index (χ4n) is 3.71. The third-order valence-electron chi connectivity index (χ3n) is 5.85. The lowest BCUT2D eigenvalue weighted by molar-refractivity contribution is -0.795. The van der Waals surface area contributed by atoms with Crippen molar-refractivity contribution in [2.75, 3.05) is 33.4 Å². The van der Waals surface area contributed by atoms with Crippen molar-refractivity contribution in [2.45, 2.75) is 20.8 Å². The summed E-state index contributed by atoms with van der Waals surface area (Å²) in [6, 6.07) is 26.4. The van der Waals surface area contributed by atoms with Crippen LogP contribution in [0.1, 0.15) is 16.7 Å². The van der Waals surface area contributed by atoms with Gasteiger partial charge >= 0.3 is 0 Å². The molecule has 4 nitrogen and oxygen atoms in total. The summed E-state index contributed by atoms with van der Waals surface area (Å²) in [5, 5.41) is 4.38. The summed E-state index contributed by atoms with van der Waals surface area (Å²) in [6.07, 6.45) is 0. The summed E-state index contributed by atoms with van der Waals surface area (Å²) in [4.78, 5) is 0. The molecule has 6 heteroatoms. The topological polar surface area (TPSA) is 49.4 Å². The van der Waals surface area contributed by atoms with Crippen LogP contribution in [0.25, 0.3) is 0 Å². The van der Waals surface area contributed by atoms with Crippen LogP contribution in [0.2, 0.25) is 0 Å². The van der Waals surface area contributed by atoms with E-state index in [0.29, 0.717) is 26.3 Å². The van der Waals surface area contributed by atoms with Crippen molar-refractivity contribution in [1.29, 1.82) is 0 Å². The Labute approximate surface area is 196 Å². The van der Waals surface area contributed by atoms with E-state index in [1.165, 1.54) is 32.6 Å². The monoisotopic (exact) mass is 469 g/mol. The molecule has 0 aromatic heterocycles. The maximum atomic E-state index is 10.6. The van der Waals surface area contributed by atoms with Crippen LogP contribution >= 0.6 is 7.92 Å². The molecule has 1 fully saturated rings. The van der Waals surface area contributed by atoms with Crippen molar-refractivity contribution in [1.82, 2.24) is 0 Å². The first-order valence-electron chi connectivity index (χ1n) is 10.8. The zero-order valence-corrected chi connectivity index (χ0v) is 21.0. The Hall–Kier alpha value is -1.88. The second kappa shape index (κ2) is 11.3. The number of quaternary nitrogens is 1. The van der Waals surface area contributed by atoms with Gasteiger partial charge in [0.2, 0.25) is 0 Å². The molecule has 3 aromatic rings. The predicted octanol–water partition coefficient (Wildman–Crippen LogP) is 3.63. The molecule has 0 saturated carbocycles. The van der Waals surface area contributed by atoms with Crippen LogP contribution in [-0.4, -0.2) is 46.0 Å². The van der Waals surface area contributed by atoms with Gasteiger partial charge in [0.05, 0.1) is 20.3 Å². The second-order valence-corrected chi connectivity index (χ2v) is 11.7. The molecule has 3 aromatic carbocycles. The smallest absolute Gasteiger partial charge is 0.148 e. The zero-order valence-electron chi connectivity index (χ0n) is 19.3. The zero-order chi connectivity index (χ0) is 23.1. The van der Waals surface area contributed by atoms with Gasteiger partial charge in [-0.25, -0.2) is 8.10 Å². The Morgan fingerprint density at radius 2 is 1.09 bits per heavy atom. The Morgan fingerprint density at radius 3 is 1.38 bits per heavy atom. The summed E-state index contributed by atoms with van der Waals surface area (Å²) < 4.78 is 26.3. The molecule has 0 amide bonds. The first-order valence-corrected chi connectivity index (χ1v) is 13.2. The maximum absolute atomic E-state index is 10.6. The Balaban J connectivity index is 0.000000243. The number of rotatable bonds is 4. The average Bonchev–Trinajstić information content (AvgIpc) is 2.78. The minimum atomic E-state index is -2.01. The van der Waals surface area contributed by atoms with Crippen LogP contribution in [0.15, 0.2) is 72.8 Å². The third kappa shape index (κ3) is 5.92. The Bertz CT molecular complexity index is 958. The largest absolute Gasteiger partial charge is 0.724 e. The fourth-order valence-corrected chi connectivity index (χ4v) is 6.92. The highest BCUT2D eigenvalue weighted by Gasteiger charge is 2.26. The van der Waals surface area contributed by atoms with Crippen LogP contribution in [0.4, 0.5) is 0 Å². The van der Waals surface area contributed by atoms with Gasteiger partial charge in [-0.2, -0.15) is 0 Å². The molecule has 0 spiro atoms. The molecule has 1 saturated heterocycles. The van der Waals surface area contributed by atoms with E-state index in [2.05, 4.69) is 93.6 Å². The molecule has 1 aliphatic rings. The summed E-state index contributed by atoms with van der Waals surface area (Å²) in [5.74, 6) is 0. The minimum Gasteiger partial charge on any atom is -0.724 e. The molecule has 1 atom stereocenters. The van der Waals surface area contributed by atoms with Crippen molar-refractivity contribution in [3.63, 3.8) is 0 Å². The van der Waals surface area contributed by atoms with Gasteiger partial charge in [-0.3, -0.25) is 0 Å². The van der Waals surface area contributed by atoms with Gasteiger partial charge in [0.25, 0.3) is 0 Å². The fraction of sp³-hybridized carbons (Fsp3) is 0.308. The molecule has 0 aliphatic carbocycles. The van der Waals surface area contributed by atoms with Gasteiger partial charge in [-0.1, -0.05) is 72.8 Å². The minimum absolute atomic E-state index is 0.0972. The summed E-state index contributed by atoms with van der Waals surface area (Å²) in [7, 11) is 1.19. The molecule has 1 unspecified atom stereocenters. The third-order valence-corrected chi connectivity index (χ3v) is 9.88. The van der Waals surface area contributed by atoms with E-state index in [-0.39, 0.29) is 3.89 Å². The van der Waals surface area contributed by atoms with E-state index in [4.69, 9.17) is 4.74 Å². The first-order chi connectivity index (χ1) is 15.3. The number of likely N-dealkylation sites (N-methyl/N-ethyl adjacent to an activating group) is 1. The van der Waals surface area contributed by atoms with E-state index in [1.54, 1.807) is 7.05 Å². The van der Waals surface area contributed by atoms with Crippen LogP contribution < -0.4 is 15.9 Å². The molecule has 1 heterocycles. The SMILES string of the molecule is C[N+]1(S(=O)[O-])CCOCC1.Cc1ccccc1P(c1ccccc1C)c1ccccc1C. The maximum Gasteiger partial charge on any atom is 0.148 e. The highest BCUT2D eigenvalue weighted by atomic mass is 32.2. The van der Waals surface area contributed by atoms with Crippen LogP contribution in [0.5, 0.6) is 0 Å². The van der Waals surface area contributed by atoms with Crippen LogP contribution in [0.3, 0.4) is 0 Å². The number of morpholine rings is 1. The van der Waals surface area contributed by atoms with Crippen molar-refractivity contribution < 1.29 is 17.4 Å². The highest BCUT2D eigenvalue weighted by Crippen LogP contribution is 2.36. The lowest BCUT2D eigenvalue weighted by Gasteiger charge is -2.37. The molecule has 0 N–H and O–H groups in total. The van der Waals surface area contributed by atoms with Crippen molar-refractivity contribution >= 4 is 35.1 Å². The summed E-state index contributed by atoms with van der Waals surface area (Å²) >= 11 is -2.01. The summed E-state index contributed by atoms with van der Waals surface area (Å²) in [5.41, 5.74) is 4.13. The lowest BCUT2D eigenvalue weighted by Crippen LogP contribution is -2.52. The standard InChI is InChI=1S/C21H21P.C5H11NO3S/c1-16-10-4-7-13-19(16)22(20-14-8-5-11-17(20)2)21-15-9-6-12-18(21)3;1-6(10(7)8)2-4-9-5-3-6/h4-15H,1-3H3;2-5H2,1H3. The normalized spacial score (nSPS) is 16.2. The molecule has 4 rings (SSSR count). The van der Waals surface area contributed by atoms with Crippen LogP contribution in [-0.2, 0) is 16.0 Å². The molecule has 0 bridgehead atoms. The summed E-state index contributed by atoms with van der Waals surface area (Å²) in [6.45, 7) is 8.89. The number of hydrogen-bond acceptors (Lipinski definition) is 3. The second-order valence-electron chi connectivity index (χ2n) is 8.27. The lowest BCUT2D eigenvalue weighted by atomic mass is 10.2. The average molecular weight is 470 g/mol. The van der Waals surface area contributed by atoms with E-state index in [0.717, 1.165) is 0 Å². The van der Waals surface area contributed by atoms with E-state index in [9.17, 15) is 8.76 Å². The van der Waals surface area contributed by atoms with Crippen molar-refractivity contribution in [2.24, 2.45) is 0 Å².